The van der Waals surface area contributed by atoms with Gasteiger partial charge in [-0.25, -0.2) is 14.2 Å². The number of amides is 4. The van der Waals surface area contributed by atoms with Crippen molar-refractivity contribution in [3.63, 3.8) is 0 Å². The zero-order valence-electron chi connectivity index (χ0n) is 42.6. The van der Waals surface area contributed by atoms with Crippen molar-refractivity contribution in [1.29, 1.82) is 0 Å². The summed E-state index contributed by atoms with van der Waals surface area (Å²) in [6.07, 6.45) is 2.00. The predicted molar refractivity (Wildman–Crippen MR) is 264 cm³/mol. The molecule has 402 valence electrons. The summed E-state index contributed by atoms with van der Waals surface area (Å²) in [5.74, 6) is -3.80. The minimum Gasteiger partial charge on any atom is -0.458 e. The summed E-state index contributed by atoms with van der Waals surface area (Å²) >= 11 is 0. The highest BCUT2D eigenvalue weighted by Crippen LogP contribution is 2.46. The molecule has 0 spiro atoms. The first kappa shape index (κ1) is 56.8. The number of ether oxygens (including phenoxy) is 7. The molecule has 73 heavy (non-hydrogen) atoms. The highest BCUT2D eigenvalue weighted by molar-refractivity contribution is 5.95. The fraction of sp³-hybridized carbons (Fsp3) is 0.627. The van der Waals surface area contributed by atoms with Crippen LogP contribution in [0.5, 0.6) is 0 Å². The van der Waals surface area contributed by atoms with Crippen LogP contribution in [0.1, 0.15) is 98.7 Å². The van der Waals surface area contributed by atoms with Crippen molar-refractivity contribution in [3.05, 3.63) is 61.7 Å². The lowest BCUT2D eigenvalue weighted by Gasteiger charge is -2.31. The SMILES string of the molecule is CC[C@@]1(O)C(=O)OCc2c1cc1n(c2=O)Cc2c-1nc1cc(F)c(C)c3c1c2[C@@H](NC(=O)CNC(=O)[C@H](CCCCN)NC(=O)[C@@H](NC(=O)CCOCCOCCOCCOCCOCCOC)C(C)C)CC3. The van der Waals surface area contributed by atoms with Crippen molar-refractivity contribution in [3.8, 4) is 11.4 Å². The smallest absolute Gasteiger partial charge is 0.343 e. The molecule has 1 aliphatic carbocycles. The van der Waals surface area contributed by atoms with Crippen molar-refractivity contribution in [2.75, 3.05) is 92.9 Å². The Balaban J connectivity index is 1.02. The third-order valence-electron chi connectivity index (χ3n) is 13.4. The average molecular weight is 1030 g/mol. The number of hydrogen-bond acceptors (Lipinski definition) is 16. The van der Waals surface area contributed by atoms with Gasteiger partial charge in [0.15, 0.2) is 5.60 Å². The minimum absolute atomic E-state index is 0.0162. The van der Waals surface area contributed by atoms with Gasteiger partial charge in [0.1, 0.15) is 24.5 Å². The Kier molecular flexibility index (Phi) is 21.2. The number of fused-ring (bicyclic) bond motifs is 5. The number of nitrogens with one attached hydrogen (secondary N) is 4. The Morgan fingerprint density at radius 1 is 0.890 bits per heavy atom. The number of rotatable bonds is 31. The Bertz CT molecular complexity index is 2510. The molecule has 0 unspecified atom stereocenters. The molecular weight excluding hydrogens is 954 g/mol. The topological polar surface area (TPSA) is 279 Å². The molecule has 0 bridgehead atoms. The van der Waals surface area contributed by atoms with E-state index in [0.29, 0.717) is 131 Å². The molecule has 4 heterocycles. The van der Waals surface area contributed by atoms with E-state index in [1.54, 1.807) is 40.9 Å². The Morgan fingerprint density at radius 3 is 2.15 bits per heavy atom. The average Bonchev–Trinajstić information content (AvgIpc) is 3.74. The number of benzene rings is 1. The summed E-state index contributed by atoms with van der Waals surface area (Å²) in [4.78, 5) is 85.9. The van der Waals surface area contributed by atoms with E-state index >= 15 is 4.39 Å². The molecule has 0 saturated heterocycles. The fourth-order valence-corrected chi connectivity index (χ4v) is 9.33. The first-order valence-corrected chi connectivity index (χ1v) is 25.2. The van der Waals surface area contributed by atoms with Gasteiger partial charge >= 0.3 is 5.97 Å². The maximum atomic E-state index is 15.4. The third kappa shape index (κ3) is 14.0. The number of methoxy groups -OCH3 is 1. The Morgan fingerprint density at radius 2 is 1.53 bits per heavy atom. The first-order valence-electron chi connectivity index (χ1n) is 25.2. The van der Waals surface area contributed by atoms with Gasteiger partial charge in [-0.05, 0) is 80.7 Å². The second-order valence-corrected chi connectivity index (χ2v) is 18.6. The lowest BCUT2D eigenvalue weighted by molar-refractivity contribution is -0.172. The van der Waals surface area contributed by atoms with E-state index in [4.69, 9.17) is 43.9 Å². The lowest BCUT2D eigenvalue weighted by Crippen LogP contribution is -2.56. The Labute approximate surface area is 424 Å². The second-order valence-electron chi connectivity index (χ2n) is 18.6. The zero-order chi connectivity index (χ0) is 52.7. The van der Waals surface area contributed by atoms with Gasteiger partial charge in [-0.3, -0.25) is 24.0 Å². The van der Waals surface area contributed by atoms with Gasteiger partial charge < -0.3 is 69.8 Å². The molecule has 0 radical (unpaired) electrons. The summed E-state index contributed by atoms with van der Waals surface area (Å²) in [7, 11) is 1.61. The van der Waals surface area contributed by atoms with Crippen LogP contribution >= 0.6 is 0 Å². The maximum absolute atomic E-state index is 15.4. The number of cyclic esters (lactones) is 1. The summed E-state index contributed by atoms with van der Waals surface area (Å²) < 4.78 is 54.4. The van der Waals surface area contributed by atoms with Crippen LogP contribution in [-0.2, 0) is 82.3 Å². The molecule has 1 aromatic carbocycles. The number of unbranched alkanes of at least 4 members (excludes halogenated alkanes) is 1. The van der Waals surface area contributed by atoms with Crippen LogP contribution in [0.25, 0.3) is 22.3 Å². The number of nitrogens with zero attached hydrogens (tertiary/aromatic N) is 2. The van der Waals surface area contributed by atoms with E-state index in [-0.39, 0.29) is 62.7 Å². The summed E-state index contributed by atoms with van der Waals surface area (Å²) in [6.45, 7) is 10.8. The molecule has 4 atom stereocenters. The van der Waals surface area contributed by atoms with Gasteiger partial charge in [0.05, 0.1) is 114 Å². The standard InChI is InChI=1S/C51H72FN7O14/c1-6-51(66)35-25-40-46-33(28-59(40)49(64)34(35)29-73-50(51)65)44-37(11-10-32-31(4)36(52)26-39(56-46)43(32)44)55-42(61)27-54-47(62)38(9-7-8-13-53)57-48(63)45(30(2)3)58-41(60)12-14-68-17-18-70-21-22-72-24-23-71-20-19-69-16-15-67-5/h25-26,30,37-38,45,66H,6-24,27-29,53H2,1-5H3,(H,54,62)(H,55,61)(H,57,63)(H,58,60)/t37-,38-,45-,51-/m0/s1. The van der Waals surface area contributed by atoms with E-state index in [2.05, 4.69) is 21.3 Å². The summed E-state index contributed by atoms with van der Waals surface area (Å²) in [6, 6.07) is 0.230. The molecule has 0 saturated carbocycles. The summed E-state index contributed by atoms with van der Waals surface area (Å²) in [5.41, 5.74) is 7.00. The normalized spacial score (nSPS) is 17.4. The van der Waals surface area contributed by atoms with E-state index in [1.165, 1.54) is 10.6 Å². The molecule has 6 rings (SSSR count). The van der Waals surface area contributed by atoms with E-state index in [9.17, 15) is 33.9 Å². The third-order valence-corrected chi connectivity index (χ3v) is 13.4. The summed E-state index contributed by atoms with van der Waals surface area (Å²) in [5, 5.41) is 23.3. The van der Waals surface area contributed by atoms with Gasteiger partial charge in [-0.2, -0.15) is 0 Å². The lowest BCUT2D eigenvalue weighted by atomic mass is 9.81. The fourth-order valence-electron chi connectivity index (χ4n) is 9.33. The van der Waals surface area contributed by atoms with E-state index in [0.717, 1.165) is 5.56 Å². The maximum Gasteiger partial charge on any atom is 0.343 e. The monoisotopic (exact) mass is 1030 g/mol. The molecule has 0 fully saturated rings. The highest BCUT2D eigenvalue weighted by Gasteiger charge is 2.46. The molecule has 7 N–H and O–H groups in total. The Hall–Kier alpha value is -5.46. The van der Waals surface area contributed by atoms with Crippen LogP contribution in [0, 0.1) is 18.7 Å². The first-order chi connectivity index (χ1) is 35.1. The van der Waals surface area contributed by atoms with E-state index < -0.39 is 71.2 Å². The number of esters is 1. The predicted octanol–water partition coefficient (Wildman–Crippen LogP) is 1.62. The van der Waals surface area contributed by atoms with Gasteiger partial charge in [0.25, 0.3) is 5.56 Å². The molecular formula is C51H72FN7O14. The number of hydrogen-bond donors (Lipinski definition) is 6. The van der Waals surface area contributed by atoms with Gasteiger partial charge in [-0.15, -0.1) is 0 Å². The quantitative estimate of drug-likeness (QED) is 0.0309. The zero-order valence-corrected chi connectivity index (χ0v) is 42.6. The van der Waals surface area contributed by atoms with Crippen LogP contribution in [-0.4, -0.2) is 149 Å². The van der Waals surface area contributed by atoms with Crippen molar-refractivity contribution in [2.24, 2.45) is 11.7 Å². The number of pyridine rings is 2. The minimum atomic E-state index is -2.05. The van der Waals surface area contributed by atoms with Crippen LogP contribution < -0.4 is 32.6 Å². The highest BCUT2D eigenvalue weighted by atomic mass is 19.1. The molecule has 2 aliphatic heterocycles. The van der Waals surface area contributed by atoms with E-state index in [1.807, 2.05) is 0 Å². The molecule has 2 aromatic heterocycles. The van der Waals surface area contributed by atoms with Crippen molar-refractivity contribution in [2.45, 2.75) is 110 Å². The number of carbonyl (C=O) groups is 5. The number of aliphatic hydroxyl groups is 1. The molecule has 4 amide bonds. The molecule has 3 aromatic rings. The second kappa shape index (κ2) is 27.2. The van der Waals surface area contributed by atoms with Crippen LogP contribution in [0.4, 0.5) is 4.39 Å². The number of nitrogens with two attached hydrogens (primary N) is 1. The van der Waals surface area contributed by atoms with Crippen LogP contribution in [0.2, 0.25) is 0 Å². The van der Waals surface area contributed by atoms with Crippen molar-refractivity contribution < 1.29 is 66.6 Å². The number of halogens is 1. The molecule has 21 nitrogen and oxygen atoms in total. The molecule has 22 heteroatoms. The largest absolute Gasteiger partial charge is 0.458 e. The van der Waals surface area contributed by atoms with Crippen LogP contribution in [0.3, 0.4) is 0 Å². The molecule has 3 aliphatic rings. The van der Waals surface area contributed by atoms with Crippen LogP contribution in [0.15, 0.2) is 16.9 Å². The van der Waals surface area contributed by atoms with Crippen molar-refractivity contribution >= 4 is 40.5 Å². The number of aromatic nitrogens is 2. The number of carbonyl (C=O) groups excluding carboxylic acids is 5. The van der Waals surface area contributed by atoms with Gasteiger partial charge in [-0.1, -0.05) is 20.8 Å². The van der Waals surface area contributed by atoms with Gasteiger partial charge in [0.2, 0.25) is 23.6 Å². The number of aryl methyl sites for hydroxylation is 1. The van der Waals surface area contributed by atoms with Gasteiger partial charge in [0, 0.05) is 36.1 Å². The van der Waals surface area contributed by atoms with Crippen molar-refractivity contribution in [1.82, 2.24) is 30.8 Å².